The predicted molar refractivity (Wildman–Crippen MR) is 121 cm³/mol. The summed E-state index contributed by atoms with van der Waals surface area (Å²) in [5.74, 6) is -0.0716. The Hall–Kier alpha value is -3.30. The first-order valence-corrected chi connectivity index (χ1v) is 11.3. The van der Waals surface area contributed by atoms with Gasteiger partial charge >= 0.3 is 0 Å². The van der Waals surface area contributed by atoms with Gasteiger partial charge in [0.1, 0.15) is 4.66 Å². The third-order valence-corrected chi connectivity index (χ3v) is 6.93. The fraction of sp³-hybridized carbons (Fsp3) is 0.304. The van der Waals surface area contributed by atoms with Gasteiger partial charge in [-0.25, -0.2) is 4.68 Å². The molecule has 0 saturated carbocycles. The third-order valence-electron chi connectivity index (χ3n) is 5.94. The molecule has 1 atom stereocenters. The zero-order valence-electron chi connectivity index (χ0n) is 17.8. The molecule has 0 bridgehead atoms. The number of aromatic amines is 1. The van der Waals surface area contributed by atoms with Crippen LogP contribution in [0.1, 0.15) is 29.8 Å². The van der Waals surface area contributed by atoms with Crippen molar-refractivity contribution in [1.82, 2.24) is 19.3 Å². The molecule has 1 fully saturated rings. The van der Waals surface area contributed by atoms with Crippen LogP contribution in [0.5, 0.6) is 0 Å². The van der Waals surface area contributed by atoms with E-state index in [9.17, 15) is 9.59 Å². The predicted octanol–water partition coefficient (Wildman–Crippen LogP) is 0.811. The third kappa shape index (κ3) is 3.63. The zero-order chi connectivity index (χ0) is 22.4. The molecule has 5 rings (SSSR count). The van der Waals surface area contributed by atoms with Gasteiger partial charge < -0.3 is 9.30 Å². The average molecular weight is 450 g/mol. The van der Waals surface area contributed by atoms with Crippen LogP contribution in [-0.4, -0.2) is 37.8 Å². The fourth-order valence-corrected chi connectivity index (χ4v) is 5.09. The lowest BCUT2D eigenvalue weighted by Crippen LogP contribution is -2.47. The van der Waals surface area contributed by atoms with Gasteiger partial charge in [-0.15, -0.1) is 0 Å². The molecule has 1 saturated heterocycles. The minimum absolute atomic E-state index is 0.0480. The first kappa shape index (κ1) is 20.6. The van der Waals surface area contributed by atoms with Gasteiger partial charge in [-0.3, -0.25) is 20.1 Å². The second-order valence-corrected chi connectivity index (χ2v) is 9.06. The van der Waals surface area contributed by atoms with Gasteiger partial charge in [0.15, 0.2) is 11.3 Å². The molecule has 164 valence electrons. The molecule has 1 aromatic heterocycles. The summed E-state index contributed by atoms with van der Waals surface area (Å²) in [6, 6.07) is 2.03. The summed E-state index contributed by atoms with van der Waals surface area (Å²) in [4.78, 5) is 28.4. The molecule has 0 aromatic carbocycles. The number of hydrogen-bond acceptors (Lipinski definition) is 6. The second-order valence-electron chi connectivity index (χ2n) is 8.08. The van der Waals surface area contributed by atoms with Crippen LogP contribution in [-0.2, 0) is 16.1 Å². The Morgan fingerprint density at radius 1 is 1.28 bits per heavy atom. The number of fused-ring (bicyclic) bond motifs is 1. The van der Waals surface area contributed by atoms with Crippen LogP contribution in [0.4, 0.5) is 0 Å². The largest absolute Gasteiger partial charge is 0.376 e. The fourth-order valence-electron chi connectivity index (χ4n) is 4.16. The van der Waals surface area contributed by atoms with Crippen LogP contribution in [0.3, 0.4) is 0 Å². The number of hydrogen-bond donors (Lipinski definition) is 2. The maximum absolute atomic E-state index is 12.8. The van der Waals surface area contributed by atoms with Crippen molar-refractivity contribution >= 4 is 28.8 Å². The van der Waals surface area contributed by atoms with E-state index < -0.39 is 5.56 Å². The highest BCUT2D eigenvalue weighted by Crippen LogP contribution is 2.20. The van der Waals surface area contributed by atoms with Gasteiger partial charge in [0.2, 0.25) is 5.13 Å². The van der Waals surface area contributed by atoms with Gasteiger partial charge in [0.25, 0.3) is 5.56 Å². The average Bonchev–Trinajstić information content (AvgIpc) is 3.49. The van der Waals surface area contributed by atoms with E-state index in [0.29, 0.717) is 5.13 Å². The quantitative estimate of drug-likeness (QED) is 0.617. The normalized spacial score (nSPS) is 19.1. The Labute approximate surface area is 187 Å². The molecule has 4 heterocycles. The number of nitrogens with zero attached hydrogens (tertiary/aromatic N) is 3. The molecule has 3 aliphatic heterocycles. The highest BCUT2D eigenvalue weighted by molar-refractivity contribution is 7.11. The van der Waals surface area contributed by atoms with Gasteiger partial charge in [-0.1, -0.05) is 11.3 Å². The minimum atomic E-state index is -0.435. The molecule has 9 heteroatoms. The highest BCUT2D eigenvalue weighted by atomic mass is 32.1. The lowest BCUT2D eigenvalue weighted by atomic mass is 10.1. The molecule has 4 aliphatic rings. The number of H-pyrrole nitrogens is 1. The number of aryl methyl sites for hydroxylation is 1. The van der Waals surface area contributed by atoms with Crippen molar-refractivity contribution in [3.63, 3.8) is 0 Å². The molecule has 1 aliphatic carbocycles. The first-order chi connectivity index (χ1) is 15.4. The van der Waals surface area contributed by atoms with Crippen molar-refractivity contribution in [1.29, 1.82) is 5.41 Å². The van der Waals surface area contributed by atoms with Gasteiger partial charge in [0, 0.05) is 30.1 Å². The summed E-state index contributed by atoms with van der Waals surface area (Å²) in [6.07, 6.45) is 10.5. The molecular formula is C23H23N5O3S. The summed E-state index contributed by atoms with van der Waals surface area (Å²) in [5, 5.41) is 12.4. The van der Waals surface area contributed by atoms with Crippen molar-refractivity contribution in [3.05, 3.63) is 73.0 Å². The van der Waals surface area contributed by atoms with Crippen LogP contribution in [0.2, 0.25) is 0 Å². The van der Waals surface area contributed by atoms with Crippen LogP contribution >= 0.6 is 11.3 Å². The molecule has 32 heavy (non-hydrogen) atoms. The lowest BCUT2D eigenvalue weighted by molar-refractivity contribution is -0.110. The summed E-state index contributed by atoms with van der Waals surface area (Å²) in [6.45, 7) is 5.67. The van der Waals surface area contributed by atoms with E-state index in [0.717, 1.165) is 53.2 Å². The maximum atomic E-state index is 12.8. The van der Waals surface area contributed by atoms with E-state index in [1.165, 1.54) is 28.2 Å². The zero-order valence-corrected chi connectivity index (χ0v) is 18.7. The van der Waals surface area contributed by atoms with E-state index in [1.54, 1.807) is 18.2 Å². The van der Waals surface area contributed by atoms with Gasteiger partial charge in [-0.05, 0) is 68.7 Å². The van der Waals surface area contributed by atoms with E-state index in [1.807, 2.05) is 19.9 Å². The highest BCUT2D eigenvalue weighted by Gasteiger charge is 2.19. The molecule has 0 spiro atoms. The van der Waals surface area contributed by atoms with Crippen LogP contribution in [0, 0.1) is 19.3 Å². The van der Waals surface area contributed by atoms with Crippen molar-refractivity contribution in [2.24, 2.45) is 0 Å². The van der Waals surface area contributed by atoms with Crippen molar-refractivity contribution in [2.45, 2.75) is 39.3 Å². The number of carbonyl (C=O) groups excluding carboxylic acids is 1. The summed E-state index contributed by atoms with van der Waals surface area (Å²) < 4.78 is 10.2. The van der Waals surface area contributed by atoms with Gasteiger partial charge in [0.05, 0.1) is 11.3 Å². The van der Waals surface area contributed by atoms with Crippen molar-refractivity contribution in [3.8, 4) is 5.13 Å². The number of rotatable bonds is 3. The molecule has 8 nitrogen and oxygen atoms in total. The van der Waals surface area contributed by atoms with Crippen molar-refractivity contribution < 1.29 is 9.53 Å². The number of nitrogens with one attached hydrogen (secondary N) is 2. The number of aromatic nitrogens is 4. The first-order valence-electron chi connectivity index (χ1n) is 10.5. The smallest absolute Gasteiger partial charge is 0.283 e. The number of ketones is 1. The number of allylic oxidation sites excluding steroid dienone is 4. The van der Waals surface area contributed by atoms with E-state index in [4.69, 9.17) is 10.1 Å². The molecule has 0 amide bonds. The monoisotopic (exact) mass is 449 g/mol. The Kier molecular flexibility index (Phi) is 5.15. The molecular weight excluding hydrogens is 426 g/mol. The van der Waals surface area contributed by atoms with Crippen LogP contribution in [0.25, 0.3) is 16.8 Å². The Morgan fingerprint density at radius 2 is 2.06 bits per heavy atom. The maximum Gasteiger partial charge on any atom is 0.283 e. The molecule has 0 unspecified atom stereocenters. The Balaban J connectivity index is 1.62. The SMILES string of the molecule is Cc1cc(/C=c2\c(=O)nc3sc(=C4C=CC(=O)C=C4)[nH]n-3c2=N)c(C)n1C[C@H]1CCCO1. The Bertz CT molecular complexity index is 1470. The van der Waals surface area contributed by atoms with Gasteiger partial charge in [-0.2, -0.15) is 4.98 Å². The Morgan fingerprint density at radius 3 is 2.78 bits per heavy atom. The molecule has 2 N–H and O–H groups in total. The standard InChI is InChI=1S/C23H23N5O3S/c1-13-10-16(14(2)27(13)12-18-4-3-9-31-18)11-19-20(24)28-23(25-21(19)30)32-22(26-28)15-5-7-17(29)8-6-15/h5-8,10-11,18,24,26H,3-4,9,12H2,1-2H3/b19-11-,24-20?/t18-/m1/s1. The van der Waals surface area contributed by atoms with E-state index >= 15 is 0 Å². The lowest BCUT2D eigenvalue weighted by Gasteiger charge is -2.14. The summed E-state index contributed by atoms with van der Waals surface area (Å²) in [5.41, 5.74) is 3.44. The van der Waals surface area contributed by atoms with Crippen LogP contribution < -0.4 is 20.9 Å². The van der Waals surface area contributed by atoms with Crippen LogP contribution in [0.15, 0.2) is 35.2 Å². The minimum Gasteiger partial charge on any atom is -0.376 e. The molecule has 1 aromatic rings. The number of carbonyl (C=O) groups is 1. The second kappa shape index (κ2) is 7.99. The summed E-state index contributed by atoms with van der Waals surface area (Å²) in [7, 11) is 0. The molecule has 0 radical (unpaired) electrons. The van der Waals surface area contributed by atoms with E-state index in [2.05, 4.69) is 14.6 Å². The van der Waals surface area contributed by atoms with Crippen molar-refractivity contribution in [2.75, 3.05) is 6.61 Å². The topological polar surface area (TPSA) is 106 Å². The summed E-state index contributed by atoms with van der Waals surface area (Å²) >= 11 is 1.27. The number of ether oxygens (including phenoxy) is 1. The van der Waals surface area contributed by atoms with E-state index in [-0.39, 0.29) is 22.6 Å².